The summed E-state index contributed by atoms with van der Waals surface area (Å²) in [6.07, 6.45) is 14.3. The Kier molecular flexibility index (Phi) is 6.82. The molecular formula is C28H46OSe. The standard InChI is InChI=1S/C28H46OSe/c1-18(2)7-6-8-19(3)23-9-10-24-22-15-20(17-30)26-16-21(29)11-13-28(26,5)25(22)12-14-27(23,24)4/h17-19,21-25,29H,6-16H2,1-5H3/t19-,21?,22+,23-,24+,25+,27-,28-/m1/s1. The number of aliphatic hydroxyl groups is 1. The van der Waals surface area contributed by atoms with Crippen molar-refractivity contribution in [2.24, 2.45) is 46.3 Å². The van der Waals surface area contributed by atoms with E-state index >= 15 is 0 Å². The number of hydrogen-bond acceptors (Lipinski definition) is 1. The molecule has 0 saturated heterocycles. The molecule has 3 saturated carbocycles. The molecule has 0 bridgehead atoms. The summed E-state index contributed by atoms with van der Waals surface area (Å²) in [7, 11) is 0. The summed E-state index contributed by atoms with van der Waals surface area (Å²) in [4.78, 5) is 2.29. The molecule has 1 unspecified atom stereocenters. The summed E-state index contributed by atoms with van der Waals surface area (Å²) in [5, 5.41) is 10.4. The summed E-state index contributed by atoms with van der Waals surface area (Å²) in [6.45, 7) is 12.6. The monoisotopic (exact) mass is 478 g/mol. The van der Waals surface area contributed by atoms with Gasteiger partial charge >= 0.3 is 181 Å². The van der Waals surface area contributed by atoms with E-state index in [9.17, 15) is 5.11 Å². The van der Waals surface area contributed by atoms with E-state index in [-0.39, 0.29) is 6.10 Å². The van der Waals surface area contributed by atoms with Crippen molar-refractivity contribution in [1.29, 1.82) is 0 Å². The Balaban J connectivity index is 1.56. The van der Waals surface area contributed by atoms with Gasteiger partial charge in [-0.3, -0.25) is 0 Å². The van der Waals surface area contributed by atoms with Gasteiger partial charge < -0.3 is 0 Å². The van der Waals surface area contributed by atoms with Gasteiger partial charge in [-0.15, -0.1) is 0 Å². The molecule has 0 aliphatic heterocycles. The molecule has 1 nitrogen and oxygen atoms in total. The summed E-state index contributed by atoms with van der Waals surface area (Å²) >= 11 is 3.24. The Bertz CT molecular complexity index is 680. The van der Waals surface area contributed by atoms with Crippen LogP contribution in [0.3, 0.4) is 0 Å². The number of rotatable bonds is 6. The number of aliphatic hydroxyl groups excluding tert-OH is 1. The SMILES string of the molecule is CC(C)CCC[C@@H](C)[C@H]1CC[C@H]2[C@@H]3CC(C=[Se])=C4CC(O)CC[C@]4(C)[C@H]3CC[C@]12C. The van der Waals surface area contributed by atoms with E-state index in [2.05, 4.69) is 55.1 Å². The van der Waals surface area contributed by atoms with E-state index < -0.39 is 0 Å². The van der Waals surface area contributed by atoms with E-state index in [1.54, 1.807) is 11.1 Å². The molecule has 0 aromatic carbocycles. The summed E-state index contributed by atoms with van der Waals surface area (Å²) in [5.74, 6) is 5.28. The molecule has 0 aromatic heterocycles. The molecule has 8 atom stereocenters. The Hall–Kier alpha value is 0.0895. The van der Waals surface area contributed by atoms with Crippen LogP contribution < -0.4 is 0 Å². The van der Waals surface area contributed by atoms with Gasteiger partial charge in [-0.1, -0.05) is 13.8 Å². The summed E-state index contributed by atoms with van der Waals surface area (Å²) in [5.41, 5.74) is 4.07. The van der Waals surface area contributed by atoms with Crippen molar-refractivity contribution in [2.45, 2.75) is 111 Å². The molecule has 4 rings (SSSR count). The first-order valence-corrected chi connectivity index (χ1v) is 14.0. The van der Waals surface area contributed by atoms with Crippen molar-refractivity contribution in [3.63, 3.8) is 0 Å². The normalized spacial score (nSPS) is 44.4. The van der Waals surface area contributed by atoms with Crippen molar-refractivity contribution in [2.75, 3.05) is 0 Å². The van der Waals surface area contributed by atoms with Crippen LogP contribution >= 0.6 is 0 Å². The van der Waals surface area contributed by atoms with Crippen LogP contribution in [0.25, 0.3) is 0 Å². The third-order valence-corrected chi connectivity index (χ3v) is 11.2. The van der Waals surface area contributed by atoms with Crippen molar-refractivity contribution in [3.8, 4) is 0 Å². The topological polar surface area (TPSA) is 20.2 Å². The third kappa shape index (κ3) is 3.86. The van der Waals surface area contributed by atoms with Gasteiger partial charge in [-0.2, -0.15) is 0 Å². The van der Waals surface area contributed by atoms with Gasteiger partial charge in [0.15, 0.2) is 0 Å². The minimum atomic E-state index is -0.115. The van der Waals surface area contributed by atoms with Crippen LogP contribution in [-0.2, 0) is 0 Å². The Morgan fingerprint density at radius 1 is 1.00 bits per heavy atom. The van der Waals surface area contributed by atoms with Crippen LogP contribution in [0.15, 0.2) is 11.1 Å². The first-order chi connectivity index (χ1) is 14.2. The predicted molar refractivity (Wildman–Crippen MR) is 130 cm³/mol. The average molecular weight is 478 g/mol. The number of allylic oxidation sites excluding steroid dienone is 1. The van der Waals surface area contributed by atoms with Gasteiger partial charge in [0.2, 0.25) is 0 Å². The zero-order chi connectivity index (χ0) is 21.7. The molecule has 2 heteroatoms. The molecule has 30 heavy (non-hydrogen) atoms. The second kappa shape index (κ2) is 8.79. The molecule has 0 radical (unpaired) electrons. The van der Waals surface area contributed by atoms with Gasteiger partial charge in [0.25, 0.3) is 0 Å². The molecular weight excluding hydrogens is 431 g/mol. The van der Waals surface area contributed by atoms with Crippen LogP contribution in [0.4, 0.5) is 0 Å². The number of fused-ring (bicyclic) bond motifs is 5. The van der Waals surface area contributed by atoms with E-state index in [0.717, 1.165) is 48.3 Å². The third-order valence-electron chi connectivity index (χ3n) is 10.6. The molecule has 0 aromatic rings. The quantitative estimate of drug-likeness (QED) is 0.421. The van der Waals surface area contributed by atoms with Gasteiger partial charge in [-0.25, -0.2) is 0 Å². The Morgan fingerprint density at radius 2 is 1.77 bits per heavy atom. The number of hydrogen-bond donors (Lipinski definition) is 1. The first kappa shape index (κ1) is 23.3. The summed E-state index contributed by atoms with van der Waals surface area (Å²) < 4.78 is 0. The van der Waals surface area contributed by atoms with E-state index in [1.807, 2.05) is 0 Å². The molecule has 0 amide bonds. The average Bonchev–Trinajstić information content (AvgIpc) is 3.05. The van der Waals surface area contributed by atoms with E-state index in [1.165, 1.54) is 57.8 Å². The second-order valence-electron chi connectivity index (χ2n) is 12.5. The van der Waals surface area contributed by atoms with Crippen molar-refractivity contribution < 1.29 is 5.11 Å². The zero-order valence-electron chi connectivity index (χ0n) is 20.3. The second-order valence-corrected chi connectivity index (χ2v) is 13.0. The van der Waals surface area contributed by atoms with Gasteiger partial charge in [-0.05, 0) is 0 Å². The minimum absolute atomic E-state index is 0.115. The van der Waals surface area contributed by atoms with E-state index in [4.69, 9.17) is 0 Å². The van der Waals surface area contributed by atoms with Crippen LogP contribution in [0.5, 0.6) is 0 Å². The predicted octanol–water partition coefficient (Wildman–Crippen LogP) is 6.73. The molecule has 4 aliphatic rings. The fourth-order valence-electron chi connectivity index (χ4n) is 8.98. The Labute approximate surface area is 194 Å². The fraction of sp³-hybridized carbons (Fsp3) is 0.893. The zero-order valence-corrected chi connectivity index (χ0v) is 22.0. The van der Waals surface area contributed by atoms with Crippen molar-refractivity contribution in [1.82, 2.24) is 0 Å². The van der Waals surface area contributed by atoms with Gasteiger partial charge in [0.1, 0.15) is 0 Å². The Morgan fingerprint density at radius 3 is 2.47 bits per heavy atom. The van der Waals surface area contributed by atoms with Crippen LogP contribution in [0.1, 0.15) is 105 Å². The van der Waals surface area contributed by atoms with Crippen LogP contribution in [-0.4, -0.2) is 31.7 Å². The van der Waals surface area contributed by atoms with Crippen molar-refractivity contribution >= 4 is 20.5 Å². The molecule has 0 heterocycles. The molecule has 1 N–H and O–H groups in total. The maximum absolute atomic E-state index is 10.4. The van der Waals surface area contributed by atoms with Gasteiger partial charge in [0.05, 0.1) is 0 Å². The van der Waals surface area contributed by atoms with E-state index in [0.29, 0.717) is 10.8 Å². The molecule has 0 spiro atoms. The first-order valence-electron chi connectivity index (χ1n) is 13.1. The molecule has 170 valence electrons. The fourth-order valence-corrected chi connectivity index (χ4v) is 9.48. The molecule has 3 fully saturated rings. The van der Waals surface area contributed by atoms with Crippen LogP contribution in [0, 0.1) is 46.3 Å². The maximum atomic E-state index is 10.4. The summed E-state index contributed by atoms with van der Waals surface area (Å²) in [6, 6.07) is 0. The van der Waals surface area contributed by atoms with Crippen LogP contribution in [0.2, 0.25) is 0 Å². The molecule has 4 aliphatic carbocycles. The van der Waals surface area contributed by atoms with Gasteiger partial charge in [0, 0.05) is 0 Å². The van der Waals surface area contributed by atoms with Crippen molar-refractivity contribution in [3.05, 3.63) is 11.1 Å².